The van der Waals surface area contributed by atoms with Crippen molar-refractivity contribution in [3.8, 4) is 0 Å². The predicted molar refractivity (Wildman–Crippen MR) is 88.9 cm³/mol. The number of aryl methyl sites for hydroxylation is 1. The Kier molecular flexibility index (Phi) is 4.96. The number of carbonyl (C=O) groups is 2. The van der Waals surface area contributed by atoms with Gasteiger partial charge in [-0.25, -0.2) is 0 Å². The summed E-state index contributed by atoms with van der Waals surface area (Å²) >= 11 is 0. The molecule has 0 spiro atoms. The molecule has 2 aliphatic rings. The molecular formula is C18H25N3O2. The van der Waals surface area contributed by atoms with Crippen molar-refractivity contribution in [2.75, 3.05) is 20.1 Å². The number of benzene rings is 1. The maximum absolute atomic E-state index is 12.3. The first-order valence-corrected chi connectivity index (χ1v) is 8.47. The van der Waals surface area contributed by atoms with E-state index in [0.29, 0.717) is 6.04 Å². The lowest BCUT2D eigenvalue weighted by atomic mass is 9.88. The molecule has 2 aliphatic carbocycles. The van der Waals surface area contributed by atoms with E-state index >= 15 is 0 Å². The minimum atomic E-state index is -0.0200. The Morgan fingerprint density at radius 1 is 1.09 bits per heavy atom. The van der Waals surface area contributed by atoms with Crippen molar-refractivity contribution in [3.05, 3.63) is 35.4 Å². The Bertz CT molecular complexity index is 583. The van der Waals surface area contributed by atoms with E-state index in [0.717, 1.165) is 32.1 Å². The summed E-state index contributed by atoms with van der Waals surface area (Å²) in [6.45, 7) is 0.516. The maximum Gasteiger partial charge on any atom is 0.234 e. The summed E-state index contributed by atoms with van der Waals surface area (Å²) in [7, 11) is 1.81. The fourth-order valence-electron chi connectivity index (χ4n) is 3.19. The quantitative estimate of drug-likeness (QED) is 0.834. The van der Waals surface area contributed by atoms with Gasteiger partial charge in [0.15, 0.2) is 0 Å². The van der Waals surface area contributed by atoms with Crippen LogP contribution < -0.4 is 10.6 Å². The van der Waals surface area contributed by atoms with E-state index in [2.05, 4.69) is 28.8 Å². The molecule has 5 nitrogen and oxygen atoms in total. The van der Waals surface area contributed by atoms with Crippen LogP contribution >= 0.6 is 0 Å². The van der Waals surface area contributed by atoms with Crippen LogP contribution in [0.25, 0.3) is 0 Å². The third-order valence-corrected chi connectivity index (χ3v) is 4.47. The van der Waals surface area contributed by atoms with Gasteiger partial charge in [0.25, 0.3) is 0 Å². The van der Waals surface area contributed by atoms with Crippen molar-refractivity contribution in [2.24, 2.45) is 0 Å². The van der Waals surface area contributed by atoms with E-state index < -0.39 is 0 Å². The largest absolute Gasteiger partial charge is 0.352 e. The summed E-state index contributed by atoms with van der Waals surface area (Å²) in [5.74, 6) is -0.0146. The molecule has 5 heteroatoms. The first-order valence-electron chi connectivity index (χ1n) is 8.47. The molecule has 0 radical (unpaired) electrons. The molecule has 0 heterocycles. The lowest BCUT2D eigenvalue weighted by Gasteiger charge is -2.27. The Balaban J connectivity index is 1.48. The molecule has 0 aromatic heterocycles. The standard InChI is InChI=1S/C18H25N3O2/c1-21(11-17(22)19-14-9-10-14)12-18(23)20-16-8-4-6-13-5-2-3-7-15(13)16/h2-3,5,7,14,16H,4,6,8-12H2,1H3,(H,19,22)(H,20,23)/t16-/m1/s1. The number of nitrogens with zero attached hydrogens (tertiary/aromatic N) is 1. The van der Waals surface area contributed by atoms with Crippen LogP contribution in [0.15, 0.2) is 24.3 Å². The van der Waals surface area contributed by atoms with Crippen LogP contribution in [0.5, 0.6) is 0 Å². The molecule has 1 saturated carbocycles. The maximum atomic E-state index is 12.3. The summed E-state index contributed by atoms with van der Waals surface area (Å²) in [6, 6.07) is 8.78. The summed E-state index contributed by atoms with van der Waals surface area (Å²) in [4.78, 5) is 25.8. The van der Waals surface area contributed by atoms with Crippen molar-refractivity contribution < 1.29 is 9.59 Å². The number of hydrogen-bond donors (Lipinski definition) is 2. The van der Waals surface area contributed by atoms with Gasteiger partial charge in [0.05, 0.1) is 19.1 Å². The first kappa shape index (κ1) is 16.0. The van der Waals surface area contributed by atoms with E-state index in [4.69, 9.17) is 0 Å². The topological polar surface area (TPSA) is 61.4 Å². The second-order valence-corrected chi connectivity index (χ2v) is 6.73. The zero-order valence-electron chi connectivity index (χ0n) is 13.7. The highest BCUT2D eigenvalue weighted by atomic mass is 16.2. The Morgan fingerprint density at radius 3 is 2.52 bits per heavy atom. The third-order valence-electron chi connectivity index (χ3n) is 4.47. The van der Waals surface area contributed by atoms with Gasteiger partial charge in [0.1, 0.15) is 0 Å². The molecule has 2 amide bonds. The fraction of sp³-hybridized carbons (Fsp3) is 0.556. The van der Waals surface area contributed by atoms with E-state index in [1.165, 1.54) is 11.1 Å². The van der Waals surface area contributed by atoms with Crippen LogP contribution in [0.4, 0.5) is 0 Å². The molecule has 124 valence electrons. The number of likely N-dealkylation sites (N-methyl/N-ethyl adjacent to an activating group) is 1. The monoisotopic (exact) mass is 315 g/mol. The van der Waals surface area contributed by atoms with Gasteiger partial charge in [0, 0.05) is 6.04 Å². The van der Waals surface area contributed by atoms with Crippen LogP contribution in [-0.2, 0) is 16.0 Å². The van der Waals surface area contributed by atoms with Crippen LogP contribution in [0.2, 0.25) is 0 Å². The van der Waals surface area contributed by atoms with Crippen molar-refractivity contribution in [3.63, 3.8) is 0 Å². The average Bonchev–Trinajstić information content (AvgIpc) is 3.31. The number of nitrogens with one attached hydrogen (secondary N) is 2. The van der Waals surface area contributed by atoms with Crippen molar-refractivity contribution in [1.82, 2.24) is 15.5 Å². The number of amides is 2. The number of hydrogen-bond acceptors (Lipinski definition) is 3. The van der Waals surface area contributed by atoms with E-state index in [1.54, 1.807) is 11.9 Å². The van der Waals surface area contributed by atoms with Crippen LogP contribution in [-0.4, -0.2) is 42.9 Å². The molecule has 1 aromatic carbocycles. The molecule has 1 fully saturated rings. The lowest BCUT2D eigenvalue weighted by Crippen LogP contribution is -2.42. The highest BCUT2D eigenvalue weighted by Gasteiger charge is 2.24. The van der Waals surface area contributed by atoms with Gasteiger partial charge in [-0.1, -0.05) is 24.3 Å². The molecule has 2 N–H and O–H groups in total. The molecule has 3 rings (SSSR count). The summed E-state index contributed by atoms with van der Waals surface area (Å²) in [5.41, 5.74) is 2.57. The zero-order valence-corrected chi connectivity index (χ0v) is 13.7. The molecule has 0 saturated heterocycles. The van der Waals surface area contributed by atoms with Crippen LogP contribution in [0, 0.1) is 0 Å². The first-order chi connectivity index (χ1) is 11.1. The molecule has 0 bridgehead atoms. The molecule has 1 aromatic rings. The zero-order chi connectivity index (χ0) is 16.2. The molecule has 0 unspecified atom stereocenters. The third kappa shape index (κ3) is 4.55. The highest BCUT2D eigenvalue weighted by molar-refractivity contribution is 5.81. The second kappa shape index (κ2) is 7.13. The van der Waals surface area contributed by atoms with Gasteiger partial charge >= 0.3 is 0 Å². The number of rotatable bonds is 6. The normalized spacial score (nSPS) is 20.0. The Hall–Kier alpha value is -1.88. The van der Waals surface area contributed by atoms with Gasteiger partial charge in [-0.2, -0.15) is 0 Å². The summed E-state index contributed by atoms with van der Waals surface area (Å²) in [6.07, 6.45) is 5.33. The van der Waals surface area contributed by atoms with Gasteiger partial charge in [-0.15, -0.1) is 0 Å². The van der Waals surface area contributed by atoms with E-state index in [1.807, 2.05) is 6.07 Å². The van der Waals surface area contributed by atoms with Crippen LogP contribution in [0.1, 0.15) is 42.9 Å². The minimum absolute atomic E-state index is 0.00538. The van der Waals surface area contributed by atoms with Gasteiger partial charge in [0.2, 0.25) is 11.8 Å². The van der Waals surface area contributed by atoms with Gasteiger partial charge < -0.3 is 10.6 Å². The van der Waals surface area contributed by atoms with E-state index in [-0.39, 0.29) is 30.9 Å². The smallest absolute Gasteiger partial charge is 0.234 e. The average molecular weight is 315 g/mol. The summed E-state index contributed by atoms with van der Waals surface area (Å²) in [5, 5.41) is 6.06. The molecule has 0 aliphatic heterocycles. The number of carbonyl (C=O) groups excluding carboxylic acids is 2. The predicted octanol–water partition coefficient (Wildman–Crippen LogP) is 1.39. The van der Waals surface area contributed by atoms with Gasteiger partial charge in [-0.05, 0) is 50.3 Å². The van der Waals surface area contributed by atoms with E-state index in [9.17, 15) is 9.59 Å². The Labute approximate surface area is 137 Å². The minimum Gasteiger partial charge on any atom is -0.352 e. The highest BCUT2D eigenvalue weighted by Crippen LogP contribution is 2.29. The number of fused-ring (bicyclic) bond motifs is 1. The van der Waals surface area contributed by atoms with Gasteiger partial charge in [-0.3, -0.25) is 14.5 Å². The Morgan fingerprint density at radius 2 is 1.78 bits per heavy atom. The van der Waals surface area contributed by atoms with Crippen molar-refractivity contribution in [1.29, 1.82) is 0 Å². The van der Waals surface area contributed by atoms with Crippen LogP contribution in [0.3, 0.4) is 0 Å². The molecule has 1 atom stereocenters. The fourth-order valence-corrected chi connectivity index (χ4v) is 3.19. The second-order valence-electron chi connectivity index (χ2n) is 6.73. The molecular weight excluding hydrogens is 290 g/mol. The lowest BCUT2D eigenvalue weighted by molar-refractivity contribution is -0.125. The molecule has 23 heavy (non-hydrogen) atoms. The SMILES string of the molecule is CN(CC(=O)NC1CC1)CC(=O)N[C@@H]1CCCc2ccccc21. The summed E-state index contributed by atoms with van der Waals surface area (Å²) < 4.78 is 0. The van der Waals surface area contributed by atoms with Crippen molar-refractivity contribution >= 4 is 11.8 Å². The van der Waals surface area contributed by atoms with Crippen molar-refractivity contribution in [2.45, 2.75) is 44.2 Å².